The molecule has 2 rings (SSSR count). The standard InChI is InChI=1S/C16H29N3O/c1-4-13-6-5-7-16(8-13,10-17)15(20)14-9-18-11-19(14)12(2)3/h9,11-13,15,20H,4-8,10,17H2,1-3H3. The molecule has 1 aliphatic carbocycles. The molecule has 0 spiro atoms. The van der Waals surface area contributed by atoms with Crippen LogP contribution in [0.5, 0.6) is 0 Å². The summed E-state index contributed by atoms with van der Waals surface area (Å²) in [5.74, 6) is 0.692. The van der Waals surface area contributed by atoms with Gasteiger partial charge in [-0.25, -0.2) is 4.98 Å². The van der Waals surface area contributed by atoms with E-state index in [4.69, 9.17) is 5.73 Å². The Morgan fingerprint density at radius 2 is 2.30 bits per heavy atom. The SMILES string of the molecule is CCC1CCCC(CN)(C(O)c2cncn2C(C)C)C1. The van der Waals surface area contributed by atoms with Gasteiger partial charge in [-0.2, -0.15) is 0 Å². The van der Waals surface area contributed by atoms with E-state index in [-0.39, 0.29) is 5.41 Å². The van der Waals surface area contributed by atoms with Crippen LogP contribution in [-0.2, 0) is 0 Å². The molecular weight excluding hydrogens is 250 g/mol. The van der Waals surface area contributed by atoms with Crippen molar-refractivity contribution in [3.63, 3.8) is 0 Å². The molecule has 20 heavy (non-hydrogen) atoms. The lowest BCUT2D eigenvalue weighted by atomic mass is 9.65. The van der Waals surface area contributed by atoms with E-state index in [1.165, 1.54) is 19.3 Å². The van der Waals surface area contributed by atoms with Crippen LogP contribution in [0.4, 0.5) is 0 Å². The summed E-state index contributed by atoms with van der Waals surface area (Å²) in [6.07, 6.45) is 8.78. The second-order valence-electron chi connectivity index (χ2n) is 6.66. The molecule has 4 heteroatoms. The fourth-order valence-electron chi connectivity index (χ4n) is 3.69. The first-order chi connectivity index (χ1) is 9.54. The van der Waals surface area contributed by atoms with Gasteiger partial charge in [0.25, 0.3) is 0 Å². The number of nitrogens with zero attached hydrogens (tertiary/aromatic N) is 2. The van der Waals surface area contributed by atoms with Crippen molar-refractivity contribution in [2.45, 2.75) is 65.0 Å². The van der Waals surface area contributed by atoms with Gasteiger partial charge >= 0.3 is 0 Å². The van der Waals surface area contributed by atoms with Crippen molar-refractivity contribution in [1.29, 1.82) is 0 Å². The molecule has 3 N–H and O–H groups in total. The predicted octanol–water partition coefficient (Wildman–Crippen LogP) is 3.04. The summed E-state index contributed by atoms with van der Waals surface area (Å²) in [5.41, 5.74) is 6.84. The van der Waals surface area contributed by atoms with Gasteiger partial charge in [0.15, 0.2) is 0 Å². The average Bonchev–Trinajstić information content (AvgIpc) is 2.95. The zero-order valence-corrected chi connectivity index (χ0v) is 13.0. The fourth-order valence-corrected chi connectivity index (χ4v) is 3.69. The van der Waals surface area contributed by atoms with Gasteiger partial charge in [-0.05, 0) is 32.6 Å². The van der Waals surface area contributed by atoms with Crippen LogP contribution < -0.4 is 5.73 Å². The van der Waals surface area contributed by atoms with Gasteiger partial charge in [0.2, 0.25) is 0 Å². The molecule has 1 aromatic heterocycles. The van der Waals surface area contributed by atoms with Crippen LogP contribution in [0.25, 0.3) is 0 Å². The molecule has 1 heterocycles. The first-order valence-corrected chi connectivity index (χ1v) is 7.94. The highest BCUT2D eigenvalue weighted by Crippen LogP contribution is 2.48. The highest BCUT2D eigenvalue weighted by Gasteiger charge is 2.42. The Hall–Kier alpha value is -0.870. The van der Waals surface area contributed by atoms with E-state index >= 15 is 0 Å². The molecule has 0 radical (unpaired) electrons. The molecule has 1 aromatic rings. The summed E-state index contributed by atoms with van der Waals surface area (Å²) in [4.78, 5) is 4.23. The van der Waals surface area contributed by atoms with Gasteiger partial charge in [0, 0.05) is 18.0 Å². The minimum Gasteiger partial charge on any atom is -0.386 e. The number of nitrogens with two attached hydrogens (primary N) is 1. The molecule has 1 fully saturated rings. The van der Waals surface area contributed by atoms with Crippen LogP contribution in [0.15, 0.2) is 12.5 Å². The molecule has 0 aliphatic heterocycles. The van der Waals surface area contributed by atoms with Crippen molar-refractivity contribution in [3.8, 4) is 0 Å². The van der Waals surface area contributed by atoms with Crippen molar-refractivity contribution in [3.05, 3.63) is 18.2 Å². The molecule has 0 saturated heterocycles. The number of aliphatic hydroxyl groups excluding tert-OH is 1. The topological polar surface area (TPSA) is 64.1 Å². The molecule has 0 aromatic carbocycles. The lowest BCUT2D eigenvalue weighted by molar-refractivity contribution is -0.0211. The third-order valence-corrected chi connectivity index (χ3v) is 5.08. The number of rotatable bonds is 5. The van der Waals surface area contributed by atoms with Crippen molar-refractivity contribution in [1.82, 2.24) is 9.55 Å². The summed E-state index contributed by atoms with van der Waals surface area (Å²) < 4.78 is 2.07. The smallest absolute Gasteiger partial charge is 0.102 e. The molecule has 0 bridgehead atoms. The normalized spacial score (nSPS) is 28.8. The van der Waals surface area contributed by atoms with Gasteiger partial charge in [0.1, 0.15) is 6.10 Å². The highest BCUT2D eigenvalue weighted by molar-refractivity contribution is 5.10. The van der Waals surface area contributed by atoms with Crippen LogP contribution in [0.3, 0.4) is 0 Å². The molecule has 3 unspecified atom stereocenters. The maximum atomic E-state index is 11.0. The molecule has 3 atom stereocenters. The van der Waals surface area contributed by atoms with Crippen molar-refractivity contribution in [2.75, 3.05) is 6.54 Å². The van der Waals surface area contributed by atoms with Gasteiger partial charge in [-0.1, -0.05) is 26.2 Å². The number of hydrogen-bond donors (Lipinski definition) is 2. The van der Waals surface area contributed by atoms with Crippen LogP contribution in [0.1, 0.15) is 70.7 Å². The Bertz CT molecular complexity index is 429. The van der Waals surface area contributed by atoms with E-state index < -0.39 is 6.10 Å². The van der Waals surface area contributed by atoms with E-state index in [9.17, 15) is 5.11 Å². The minimum absolute atomic E-state index is 0.175. The molecule has 114 valence electrons. The average molecular weight is 279 g/mol. The quantitative estimate of drug-likeness (QED) is 0.870. The minimum atomic E-state index is -0.508. The molecule has 4 nitrogen and oxygen atoms in total. The maximum absolute atomic E-state index is 11.0. The fraction of sp³-hybridized carbons (Fsp3) is 0.812. The number of aromatic nitrogens is 2. The molecule has 1 aliphatic rings. The monoisotopic (exact) mass is 279 g/mol. The summed E-state index contributed by atoms with van der Waals surface area (Å²) in [5, 5.41) is 11.0. The number of aliphatic hydroxyl groups is 1. The largest absolute Gasteiger partial charge is 0.386 e. The lowest BCUT2D eigenvalue weighted by Crippen LogP contribution is -2.41. The Labute approximate surface area is 122 Å². The summed E-state index contributed by atoms with van der Waals surface area (Å²) in [6.45, 7) is 7.02. The van der Waals surface area contributed by atoms with E-state index in [1.54, 1.807) is 6.20 Å². The Balaban J connectivity index is 2.28. The summed E-state index contributed by atoms with van der Waals surface area (Å²) in [6, 6.07) is 0.308. The number of imidazole rings is 1. The highest BCUT2D eigenvalue weighted by atomic mass is 16.3. The Morgan fingerprint density at radius 1 is 1.55 bits per heavy atom. The first kappa shape index (κ1) is 15.5. The Kier molecular flexibility index (Phi) is 4.86. The van der Waals surface area contributed by atoms with Gasteiger partial charge in [-0.3, -0.25) is 0 Å². The van der Waals surface area contributed by atoms with E-state index in [0.717, 1.165) is 18.5 Å². The second-order valence-corrected chi connectivity index (χ2v) is 6.66. The van der Waals surface area contributed by atoms with Gasteiger partial charge in [0.05, 0.1) is 18.2 Å². The van der Waals surface area contributed by atoms with Crippen LogP contribution >= 0.6 is 0 Å². The third-order valence-electron chi connectivity index (χ3n) is 5.08. The van der Waals surface area contributed by atoms with Gasteiger partial charge in [-0.15, -0.1) is 0 Å². The first-order valence-electron chi connectivity index (χ1n) is 7.94. The van der Waals surface area contributed by atoms with Crippen molar-refractivity contribution < 1.29 is 5.11 Å². The van der Waals surface area contributed by atoms with E-state index in [2.05, 4.69) is 30.3 Å². The van der Waals surface area contributed by atoms with Crippen LogP contribution in [0, 0.1) is 11.3 Å². The molecule has 0 amide bonds. The zero-order chi connectivity index (χ0) is 14.8. The van der Waals surface area contributed by atoms with Gasteiger partial charge < -0.3 is 15.4 Å². The van der Waals surface area contributed by atoms with Crippen LogP contribution in [-0.4, -0.2) is 21.2 Å². The second kappa shape index (κ2) is 6.27. The Morgan fingerprint density at radius 3 is 2.90 bits per heavy atom. The zero-order valence-electron chi connectivity index (χ0n) is 13.0. The van der Waals surface area contributed by atoms with Crippen molar-refractivity contribution >= 4 is 0 Å². The molecular formula is C16H29N3O. The summed E-state index contributed by atoms with van der Waals surface area (Å²) >= 11 is 0. The third kappa shape index (κ3) is 2.77. The van der Waals surface area contributed by atoms with E-state index in [1.807, 2.05) is 6.33 Å². The van der Waals surface area contributed by atoms with Crippen molar-refractivity contribution in [2.24, 2.45) is 17.1 Å². The molecule has 1 saturated carbocycles. The van der Waals surface area contributed by atoms with E-state index in [0.29, 0.717) is 18.5 Å². The maximum Gasteiger partial charge on any atom is 0.102 e. The number of hydrogen-bond acceptors (Lipinski definition) is 3. The van der Waals surface area contributed by atoms with Crippen LogP contribution in [0.2, 0.25) is 0 Å². The predicted molar refractivity (Wildman–Crippen MR) is 81.3 cm³/mol. The summed E-state index contributed by atoms with van der Waals surface area (Å²) in [7, 11) is 0. The lowest BCUT2D eigenvalue weighted by Gasteiger charge is -2.43.